The van der Waals surface area contributed by atoms with Crippen molar-refractivity contribution in [2.75, 3.05) is 13.2 Å². The lowest BCUT2D eigenvalue weighted by atomic mass is 9.83. The molecule has 1 aliphatic heterocycles. The van der Waals surface area contributed by atoms with Crippen molar-refractivity contribution >= 4 is 28.8 Å². The molecule has 2 aromatic carbocycles. The van der Waals surface area contributed by atoms with Gasteiger partial charge in [0.15, 0.2) is 12.4 Å². The van der Waals surface area contributed by atoms with Gasteiger partial charge >= 0.3 is 11.9 Å². The van der Waals surface area contributed by atoms with Gasteiger partial charge in [0.25, 0.3) is 0 Å². The summed E-state index contributed by atoms with van der Waals surface area (Å²) in [6, 6.07) is 17.7. The SMILES string of the molecule is C[C@@H]1C(COC(=O)c2ccccc2)O[C@@H](OCCCCCCCCCC(=O)Cl)C(OC(=O)c2ccccc2)[C@H]1C. The molecule has 7 nitrogen and oxygen atoms in total. The molecule has 0 spiro atoms. The van der Waals surface area contributed by atoms with Gasteiger partial charge in [-0.3, -0.25) is 4.79 Å². The quantitative estimate of drug-likeness (QED) is 0.122. The summed E-state index contributed by atoms with van der Waals surface area (Å²) in [5.41, 5.74) is 0.949. The van der Waals surface area contributed by atoms with Crippen LogP contribution in [0.1, 0.15) is 85.9 Å². The number of unbranched alkanes of at least 4 members (excludes halogenated alkanes) is 6. The number of carbonyl (C=O) groups excluding carboxylic acids is 3. The van der Waals surface area contributed by atoms with E-state index in [9.17, 15) is 14.4 Å². The van der Waals surface area contributed by atoms with E-state index in [1.807, 2.05) is 26.0 Å². The average Bonchev–Trinajstić information content (AvgIpc) is 2.97. The highest BCUT2D eigenvalue weighted by molar-refractivity contribution is 6.63. The summed E-state index contributed by atoms with van der Waals surface area (Å²) in [4.78, 5) is 36.2. The van der Waals surface area contributed by atoms with Crippen LogP contribution in [0.15, 0.2) is 60.7 Å². The average molecular weight is 573 g/mol. The molecule has 8 heteroatoms. The van der Waals surface area contributed by atoms with Crippen LogP contribution in [0.4, 0.5) is 0 Å². The number of carbonyl (C=O) groups is 3. The molecule has 0 N–H and O–H groups in total. The number of esters is 2. The Kier molecular flexibility index (Phi) is 13.6. The van der Waals surface area contributed by atoms with Gasteiger partial charge in [-0.05, 0) is 54.6 Å². The normalized spacial score (nSPS) is 22.4. The summed E-state index contributed by atoms with van der Waals surface area (Å²) in [7, 11) is 0. The highest BCUT2D eigenvalue weighted by Gasteiger charge is 2.45. The highest BCUT2D eigenvalue weighted by atomic mass is 35.5. The van der Waals surface area contributed by atoms with Crippen LogP contribution in [0.2, 0.25) is 0 Å². The summed E-state index contributed by atoms with van der Waals surface area (Å²) in [5.74, 6) is -0.974. The van der Waals surface area contributed by atoms with Crippen LogP contribution >= 0.6 is 11.6 Å². The van der Waals surface area contributed by atoms with Crippen LogP contribution in [-0.2, 0) is 23.7 Å². The van der Waals surface area contributed by atoms with Gasteiger partial charge in [-0.1, -0.05) is 82.3 Å². The van der Waals surface area contributed by atoms with Gasteiger partial charge in [0.05, 0.1) is 17.2 Å². The minimum atomic E-state index is -0.771. The number of hydrogen-bond acceptors (Lipinski definition) is 7. The topological polar surface area (TPSA) is 88.1 Å². The zero-order valence-electron chi connectivity index (χ0n) is 23.5. The smallest absolute Gasteiger partial charge is 0.338 e. The van der Waals surface area contributed by atoms with E-state index in [2.05, 4.69) is 0 Å². The van der Waals surface area contributed by atoms with Crippen LogP contribution < -0.4 is 0 Å². The number of hydrogen-bond donors (Lipinski definition) is 0. The van der Waals surface area contributed by atoms with E-state index in [-0.39, 0.29) is 23.7 Å². The number of ether oxygens (including phenoxy) is 4. The van der Waals surface area contributed by atoms with E-state index in [0.717, 1.165) is 44.9 Å². The molecule has 0 aromatic heterocycles. The third-order valence-corrected chi connectivity index (χ3v) is 7.64. The van der Waals surface area contributed by atoms with Gasteiger partial charge in [-0.2, -0.15) is 0 Å². The molecule has 1 aliphatic rings. The maximum atomic E-state index is 12.9. The second kappa shape index (κ2) is 17.2. The molecular weight excluding hydrogens is 532 g/mol. The van der Waals surface area contributed by atoms with Crippen molar-refractivity contribution in [1.29, 1.82) is 0 Å². The molecule has 0 radical (unpaired) electrons. The van der Waals surface area contributed by atoms with Crippen LogP contribution in [0, 0.1) is 11.8 Å². The Morgan fingerprint density at radius 1 is 0.750 bits per heavy atom. The van der Waals surface area contributed by atoms with Crippen molar-refractivity contribution < 1.29 is 33.3 Å². The molecule has 0 saturated carbocycles. The van der Waals surface area contributed by atoms with Crippen molar-refractivity contribution in [3.8, 4) is 0 Å². The van der Waals surface area contributed by atoms with Crippen molar-refractivity contribution in [3.63, 3.8) is 0 Å². The molecule has 2 aromatic rings. The number of benzene rings is 2. The van der Waals surface area contributed by atoms with Gasteiger partial charge in [0.2, 0.25) is 5.24 Å². The monoisotopic (exact) mass is 572 g/mol. The summed E-state index contributed by atoms with van der Waals surface area (Å²) >= 11 is 5.38. The maximum Gasteiger partial charge on any atom is 0.338 e. The standard InChI is InChI=1S/C32H41ClO7/c1-23-24(2)29(40-31(36)26-18-12-9-13-19-26)32(37-21-15-7-5-3-4-6-14-20-28(33)34)39-27(23)22-38-30(35)25-16-10-8-11-17-25/h8-13,16-19,23-24,27,29,32H,3-7,14-15,20-22H2,1-2H3/t23-,24-,27?,29?,32+/m0/s1. The zero-order valence-corrected chi connectivity index (χ0v) is 24.2. The molecule has 218 valence electrons. The lowest BCUT2D eigenvalue weighted by molar-refractivity contribution is -0.274. The third-order valence-electron chi connectivity index (χ3n) is 7.45. The van der Waals surface area contributed by atoms with Crippen LogP contribution in [0.3, 0.4) is 0 Å². The van der Waals surface area contributed by atoms with Gasteiger partial charge in [0.1, 0.15) is 6.61 Å². The minimum absolute atomic E-state index is 0.0499. The van der Waals surface area contributed by atoms with E-state index in [1.54, 1.807) is 48.5 Å². The Bertz CT molecular complexity index is 1040. The van der Waals surface area contributed by atoms with Crippen LogP contribution in [0.25, 0.3) is 0 Å². The molecule has 1 saturated heterocycles. The lowest BCUT2D eigenvalue weighted by Gasteiger charge is -2.43. The highest BCUT2D eigenvalue weighted by Crippen LogP contribution is 2.34. The Labute approximate surface area is 242 Å². The van der Waals surface area contributed by atoms with E-state index in [0.29, 0.717) is 24.2 Å². The summed E-state index contributed by atoms with van der Waals surface area (Å²) in [6.45, 7) is 4.56. The predicted molar refractivity (Wildman–Crippen MR) is 153 cm³/mol. The molecule has 0 bridgehead atoms. The van der Waals surface area contributed by atoms with Gasteiger partial charge in [-0.25, -0.2) is 9.59 Å². The van der Waals surface area contributed by atoms with E-state index in [4.69, 9.17) is 30.5 Å². The minimum Gasteiger partial charge on any atom is -0.459 e. The first-order valence-corrected chi connectivity index (χ1v) is 14.7. The summed E-state index contributed by atoms with van der Waals surface area (Å²) in [6.07, 6.45) is 5.59. The van der Waals surface area contributed by atoms with Gasteiger partial charge in [0, 0.05) is 18.9 Å². The van der Waals surface area contributed by atoms with Crippen LogP contribution in [-0.4, -0.2) is 48.9 Å². The first-order valence-electron chi connectivity index (χ1n) is 14.3. The van der Waals surface area contributed by atoms with Crippen molar-refractivity contribution in [2.24, 2.45) is 11.8 Å². The summed E-state index contributed by atoms with van der Waals surface area (Å²) in [5, 5.41) is -0.268. The van der Waals surface area contributed by atoms with Gasteiger partial charge in [-0.15, -0.1) is 0 Å². The Morgan fingerprint density at radius 2 is 1.30 bits per heavy atom. The Balaban J connectivity index is 1.53. The Hall–Kier alpha value is -2.74. The van der Waals surface area contributed by atoms with Gasteiger partial charge < -0.3 is 18.9 Å². The zero-order chi connectivity index (χ0) is 28.7. The first kappa shape index (κ1) is 31.8. The second-order valence-corrected chi connectivity index (χ2v) is 10.8. The van der Waals surface area contributed by atoms with E-state index in [1.165, 1.54) is 0 Å². The number of halogens is 1. The summed E-state index contributed by atoms with van der Waals surface area (Å²) < 4.78 is 23.9. The van der Waals surface area contributed by atoms with Crippen molar-refractivity contribution in [3.05, 3.63) is 71.8 Å². The van der Waals surface area contributed by atoms with Crippen molar-refractivity contribution in [1.82, 2.24) is 0 Å². The molecule has 5 atom stereocenters. The molecular formula is C32H41ClO7. The fraction of sp³-hybridized carbons (Fsp3) is 0.531. The predicted octanol–water partition coefficient (Wildman–Crippen LogP) is 6.97. The molecule has 3 rings (SSSR count). The van der Waals surface area contributed by atoms with Crippen molar-refractivity contribution in [2.45, 2.75) is 83.7 Å². The molecule has 2 unspecified atom stereocenters. The molecule has 1 heterocycles. The largest absolute Gasteiger partial charge is 0.459 e. The van der Waals surface area contributed by atoms with Crippen LogP contribution in [0.5, 0.6) is 0 Å². The molecule has 1 fully saturated rings. The molecule has 40 heavy (non-hydrogen) atoms. The Morgan fingerprint density at radius 3 is 1.90 bits per heavy atom. The lowest BCUT2D eigenvalue weighted by Crippen LogP contribution is -2.53. The molecule has 0 aliphatic carbocycles. The second-order valence-electron chi connectivity index (χ2n) is 10.4. The van der Waals surface area contributed by atoms with E-state index >= 15 is 0 Å². The van der Waals surface area contributed by atoms with E-state index < -0.39 is 30.4 Å². The fourth-order valence-electron chi connectivity index (χ4n) is 4.78. The fourth-order valence-corrected chi connectivity index (χ4v) is 4.91. The first-order chi connectivity index (χ1) is 19.4. The maximum absolute atomic E-state index is 12.9. The molecule has 0 amide bonds. The third kappa shape index (κ3) is 10.3. The number of rotatable bonds is 16.